The molecule has 3 aromatic rings. The molecule has 0 amide bonds. The van der Waals surface area contributed by atoms with Crippen molar-refractivity contribution in [3.05, 3.63) is 40.1 Å². The van der Waals surface area contributed by atoms with Crippen molar-refractivity contribution in [3.63, 3.8) is 0 Å². The quantitative estimate of drug-likeness (QED) is 0.359. The van der Waals surface area contributed by atoms with E-state index in [0.29, 0.717) is 11.0 Å². The van der Waals surface area contributed by atoms with E-state index in [-0.39, 0.29) is 15.8 Å². The Morgan fingerprint density at radius 3 is 2.32 bits per heavy atom. The van der Waals surface area contributed by atoms with Crippen molar-refractivity contribution >= 4 is 22.4 Å². The Balaban J connectivity index is 0.00000133. The molecule has 0 bridgehead atoms. The number of hydrogen-bond acceptors (Lipinski definition) is 6. The van der Waals surface area contributed by atoms with Crippen LogP contribution in [-0.4, -0.2) is 53.1 Å². The first-order chi connectivity index (χ1) is 16.2. The minimum absolute atomic E-state index is 0.229. The lowest BCUT2D eigenvalue weighted by atomic mass is 9.99. The molecule has 1 aromatic carbocycles. The highest BCUT2D eigenvalue weighted by molar-refractivity contribution is 7.84. The second kappa shape index (κ2) is 9.59. The van der Waals surface area contributed by atoms with Crippen molar-refractivity contribution in [2.75, 3.05) is 19.4 Å². The average molecular weight is 487 g/mol. The number of aromatic amines is 1. The molecule has 2 heterocycles. The Labute approximate surface area is 203 Å². The molecular weight excluding hydrogens is 450 g/mol. The third-order valence-electron chi connectivity index (χ3n) is 6.81. The van der Waals surface area contributed by atoms with Gasteiger partial charge in [0.2, 0.25) is 11.1 Å². The molecule has 0 fully saturated rings. The van der Waals surface area contributed by atoms with Crippen LogP contribution < -0.4 is 5.32 Å². The van der Waals surface area contributed by atoms with Crippen molar-refractivity contribution in [3.8, 4) is 0 Å². The highest BCUT2D eigenvalue weighted by atomic mass is 32.2. The van der Waals surface area contributed by atoms with E-state index < -0.39 is 10.8 Å². The highest BCUT2D eigenvalue weighted by Gasteiger charge is 2.29. The van der Waals surface area contributed by atoms with Crippen LogP contribution in [0.25, 0.3) is 0 Å². The molecule has 0 aliphatic heterocycles. The van der Waals surface area contributed by atoms with E-state index in [1.807, 2.05) is 20.8 Å². The second-order valence-electron chi connectivity index (χ2n) is 9.28. The summed E-state index contributed by atoms with van der Waals surface area (Å²) in [4.78, 5) is 4.48. The number of hydrogen-bond donors (Lipinski definition) is 3. The van der Waals surface area contributed by atoms with Crippen LogP contribution >= 0.6 is 0 Å². The maximum Gasteiger partial charge on any atom is 0.247 e. The van der Waals surface area contributed by atoms with Crippen molar-refractivity contribution in [1.82, 2.24) is 25.0 Å². The number of nitrogens with one attached hydrogen (secondary N) is 2. The number of nitrogens with zero attached hydrogens (tertiary/aromatic N) is 5. The Morgan fingerprint density at radius 1 is 1.12 bits per heavy atom. The number of aryl methyl sites for hydroxylation is 3. The molecule has 184 valence electrons. The number of hydroxylamine groups is 3. The van der Waals surface area contributed by atoms with Crippen LogP contribution in [0, 0.1) is 0 Å². The predicted molar refractivity (Wildman–Crippen MR) is 132 cm³/mol. The molecule has 0 saturated carbocycles. The van der Waals surface area contributed by atoms with Gasteiger partial charge in [0.25, 0.3) is 0 Å². The van der Waals surface area contributed by atoms with Crippen molar-refractivity contribution in [2.45, 2.75) is 75.5 Å². The molecule has 3 N–H and O–H groups in total. The third-order valence-corrected chi connectivity index (χ3v) is 7.92. The van der Waals surface area contributed by atoms with Gasteiger partial charge in [-0.2, -0.15) is 14.7 Å². The van der Waals surface area contributed by atoms with Gasteiger partial charge in [0.05, 0.1) is 19.8 Å². The average Bonchev–Trinajstić information content (AvgIpc) is 3.60. The van der Waals surface area contributed by atoms with Crippen molar-refractivity contribution in [1.29, 1.82) is 0 Å². The van der Waals surface area contributed by atoms with Crippen LogP contribution in [0.5, 0.6) is 0 Å². The Morgan fingerprint density at radius 2 is 1.74 bits per heavy atom. The highest BCUT2D eigenvalue weighted by Crippen LogP contribution is 2.39. The zero-order chi connectivity index (χ0) is 24.6. The summed E-state index contributed by atoms with van der Waals surface area (Å²) in [5.41, 5.74) is 7.58. The molecule has 5 rings (SSSR count). The third kappa shape index (κ3) is 4.54. The minimum atomic E-state index is -1.60. The lowest BCUT2D eigenvalue weighted by molar-refractivity contribution is -1.10. The number of rotatable bonds is 6. The number of benzene rings is 1. The van der Waals surface area contributed by atoms with Crippen LogP contribution in [0.4, 0.5) is 11.6 Å². The minimum Gasteiger partial charge on any atom is -0.322 e. The number of anilines is 2. The molecule has 0 spiro atoms. The fourth-order valence-corrected chi connectivity index (χ4v) is 5.74. The summed E-state index contributed by atoms with van der Waals surface area (Å²) in [7, 11) is 3.57. The number of fused-ring (bicyclic) bond motifs is 2. The molecule has 9 nitrogen and oxygen atoms in total. The fraction of sp³-hybridized carbons (Fsp3) is 0.542. The molecule has 2 unspecified atom stereocenters. The van der Waals surface area contributed by atoms with Crippen LogP contribution in [0.3, 0.4) is 0 Å². The number of quaternary nitrogens is 1. The summed E-state index contributed by atoms with van der Waals surface area (Å²) >= 11 is 0. The van der Waals surface area contributed by atoms with E-state index in [4.69, 9.17) is 0 Å². The second-order valence-corrected chi connectivity index (χ2v) is 10.6. The van der Waals surface area contributed by atoms with E-state index in [1.165, 1.54) is 35.1 Å². The summed E-state index contributed by atoms with van der Waals surface area (Å²) < 4.78 is 14.5. The van der Waals surface area contributed by atoms with Gasteiger partial charge in [-0.1, -0.05) is 19.9 Å². The molecule has 2 aromatic heterocycles. The maximum absolute atomic E-state index is 13.1. The molecule has 2 aliphatic rings. The van der Waals surface area contributed by atoms with Gasteiger partial charge in [0.15, 0.2) is 11.1 Å². The fourth-order valence-electron chi connectivity index (χ4n) is 4.82. The Bertz CT molecular complexity index is 1180. The maximum atomic E-state index is 13.1. The summed E-state index contributed by atoms with van der Waals surface area (Å²) in [5.74, 6) is 0.431. The summed E-state index contributed by atoms with van der Waals surface area (Å²) in [6.45, 7) is 5.90. The van der Waals surface area contributed by atoms with Crippen LogP contribution in [-0.2, 0) is 43.5 Å². The van der Waals surface area contributed by atoms with Crippen LogP contribution in [0.15, 0.2) is 22.3 Å². The largest absolute Gasteiger partial charge is 0.322 e. The first kappa shape index (κ1) is 24.6. The lowest BCUT2D eigenvalue weighted by Crippen LogP contribution is -2.38. The van der Waals surface area contributed by atoms with Gasteiger partial charge in [-0.3, -0.25) is 4.68 Å². The van der Waals surface area contributed by atoms with Gasteiger partial charge >= 0.3 is 0 Å². The van der Waals surface area contributed by atoms with E-state index in [2.05, 4.69) is 31.7 Å². The van der Waals surface area contributed by atoms with Gasteiger partial charge in [-0.25, -0.2) is 14.5 Å². The molecular formula is C24H36N7O2S+. The molecule has 0 saturated heterocycles. The smallest absolute Gasteiger partial charge is 0.247 e. The zero-order valence-corrected chi connectivity index (χ0v) is 21.8. The van der Waals surface area contributed by atoms with Crippen LogP contribution in [0.1, 0.15) is 67.6 Å². The van der Waals surface area contributed by atoms with Crippen LogP contribution in [0.2, 0.25) is 0 Å². The van der Waals surface area contributed by atoms with Gasteiger partial charge in [0, 0.05) is 18.8 Å². The van der Waals surface area contributed by atoms with Crippen molar-refractivity contribution < 1.29 is 14.1 Å². The molecule has 10 heteroatoms. The first-order valence-corrected chi connectivity index (χ1v) is 13.3. The van der Waals surface area contributed by atoms with Gasteiger partial charge in [0.1, 0.15) is 10.8 Å². The standard InChI is InChI=1S/C22H30N7O2S.C2H6/c1-13(29(3,4)30)18-12-19(27-28(18)2)32(31)22-24-21(25-26-22)23-20-16-9-5-7-14(16)11-15-8-6-10-17(15)20;1-2/h11-13,30H,5-10H2,1-4H3,(H2,23,24,25,26);1-2H3/q+1;. The molecule has 0 radical (unpaired) electrons. The van der Waals surface area contributed by atoms with Gasteiger partial charge in [-0.05, 0) is 67.7 Å². The molecule has 34 heavy (non-hydrogen) atoms. The van der Waals surface area contributed by atoms with E-state index >= 15 is 0 Å². The van der Waals surface area contributed by atoms with Gasteiger partial charge < -0.3 is 5.32 Å². The number of H-pyrrole nitrogens is 1. The zero-order valence-electron chi connectivity index (χ0n) is 21.0. The van der Waals surface area contributed by atoms with E-state index in [9.17, 15) is 9.42 Å². The monoisotopic (exact) mass is 486 g/mol. The normalized spacial score (nSPS) is 16.4. The SMILES string of the molecule is CC.CC(c1cc(S(=O)c2nc(Nc3c4c(cc5c3CCC5)CCC4)n[nH]2)nn1C)[N+](C)(C)O. The molecule has 2 atom stereocenters. The topological polar surface area (TPSA) is 109 Å². The Kier molecular flexibility index (Phi) is 6.93. The first-order valence-electron chi connectivity index (χ1n) is 12.1. The van der Waals surface area contributed by atoms with E-state index in [1.54, 1.807) is 31.9 Å². The lowest BCUT2D eigenvalue weighted by Gasteiger charge is -2.26. The summed E-state index contributed by atoms with van der Waals surface area (Å²) in [5, 5.41) is 25.9. The summed E-state index contributed by atoms with van der Waals surface area (Å²) in [6.07, 6.45) is 6.76. The summed E-state index contributed by atoms with van der Waals surface area (Å²) in [6, 6.07) is 3.91. The Hall–Kier alpha value is -2.56. The predicted octanol–water partition coefficient (Wildman–Crippen LogP) is 3.98. The van der Waals surface area contributed by atoms with Crippen molar-refractivity contribution in [2.24, 2.45) is 7.05 Å². The van der Waals surface area contributed by atoms with E-state index in [0.717, 1.165) is 37.1 Å². The molecule has 2 aliphatic carbocycles. The van der Waals surface area contributed by atoms with Gasteiger partial charge in [-0.15, -0.1) is 5.10 Å². The number of aromatic nitrogens is 5.